The van der Waals surface area contributed by atoms with E-state index in [2.05, 4.69) is 82.8 Å². The van der Waals surface area contributed by atoms with Crippen LogP contribution in [-0.2, 0) is 16.0 Å². The van der Waals surface area contributed by atoms with Gasteiger partial charge in [-0.05, 0) is 86.3 Å². The molecule has 256 valence electrons. The highest BCUT2D eigenvalue weighted by atomic mass is 32.1. The van der Waals surface area contributed by atoms with E-state index >= 15 is 0 Å². The molecule has 0 radical (unpaired) electrons. The van der Waals surface area contributed by atoms with Crippen LogP contribution in [0.5, 0.6) is 0 Å². The van der Waals surface area contributed by atoms with Crippen LogP contribution in [0.2, 0.25) is 0 Å². The van der Waals surface area contributed by atoms with Crippen molar-refractivity contribution in [3.8, 4) is 0 Å². The Balaban J connectivity index is 1.41. The Hall–Kier alpha value is -2.34. The fourth-order valence-electron chi connectivity index (χ4n) is 5.21. The molecule has 2 amide bonds. The van der Waals surface area contributed by atoms with Crippen molar-refractivity contribution >= 4 is 90.2 Å². The third-order valence-corrected chi connectivity index (χ3v) is 9.47. The van der Waals surface area contributed by atoms with Gasteiger partial charge in [0.25, 0.3) is 0 Å². The van der Waals surface area contributed by atoms with E-state index in [1.807, 2.05) is 54.6 Å². The maximum Gasteiger partial charge on any atom is 0.220 e. The Labute approximate surface area is 303 Å². The predicted molar refractivity (Wildman–Crippen MR) is 212 cm³/mol. The molecule has 0 aliphatic carbocycles. The SMILES string of the molecule is O=C(CCCCC(S)CCS)NCCNc1ccc(N=Nc2ccc(CCNC(=O)CCCCC(S)CCS)cc2)c2ccccc12. The van der Waals surface area contributed by atoms with Gasteiger partial charge in [0.15, 0.2) is 0 Å². The molecule has 0 spiro atoms. The van der Waals surface area contributed by atoms with Crippen LogP contribution in [0.3, 0.4) is 0 Å². The quantitative estimate of drug-likeness (QED) is 0.0304. The molecule has 3 aromatic carbocycles. The number of carbonyl (C=O) groups excluding carboxylic acids is 2. The second-order valence-corrected chi connectivity index (χ2v) is 14.1. The summed E-state index contributed by atoms with van der Waals surface area (Å²) in [6.45, 7) is 1.79. The number of unbranched alkanes of at least 4 members (excludes halogenated alkanes) is 2. The van der Waals surface area contributed by atoms with Gasteiger partial charge < -0.3 is 16.0 Å². The van der Waals surface area contributed by atoms with E-state index < -0.39 is 0 Å². The summed E-state index contributed by atoms with van der Waals surface area (Å²) in [5.41, 5.74) is 3.68. The molecule has 0 saturated carbocycles. The summed E-state index contributed by atoms with van der Waals surface area (Å²) in [7, 11) is 0. The van der Waals surface area contributed by atoms with E-state index in [1.165, 1.54) is 0 Å². The fraction of sp³-hybridized carbons (Fsp3) is 0.500. The number of fused-ring (bicyclic) bond motifs is 1. The highest BCUT2D eigenvalue weighted by Gasteiger charge is 2.08. The molecular formula is C36H51N5O2S4. The predicted octanol–water partition coefficient (Wildman–Crippen LogP) is 8.80. The number of benzene rings is 3. The summed E-state index contributed by atoms with van der Waals surface area (Å²) in [4.78, 5) is 24.4. The van der Waals surface area contributed by atoms with Crippen LogP contribution in [-0.4, -0.2) is 53.5 Å². The van der Waals surface area contributed by atoms with Crippen LogP contribution >= 0.6 is 50.5 Å². The lowest BCUT2D eigenvalue weighted by Crippen LogP contribution is -2.28. The summed E-state index contributed by atoms with van der Waals surface area (Å²) >= 11 is 17.6. The van der Waals surface area contributed by atoms with Crippen molar-refractivity contribution in [2.75, 3.05) is 36.5 Å². The van der Waals surface area contributed by atoms with E-state index in [0.717, 1.165) is 103 Å². The van der Waals surface area contributed by atoms with Crippen molar-refractivity contribution < 1.29 is 9.59 Å². The summed E-state index contributed by atoms with van der Waals surface area (Å²) in [6.07, 6.45) is 9.69. The van der Waals surface area contributed by atoms with Gasteiger partial charge in [-0.2, -0.15) is 55.6 Å². The Morgan fingerprint density at radius 1 is 0.638 bits per heavy atom. The normalized spacial score (nSPS) is 12.7. The molecule has 2 atom stereocenters. The van der Waals surface area contributed by atoms with Crippen LogP contribution in [0, 0.1) is 0 Å². The first-order valence-electron chi connectivity index (χ1n) is 16.8. The first kappa shape index (κ1) is 39.1. The Bertz CT molecular complexity index is 1390. The smallest absolute Gasteiger partial charge is 0.220 e. The Morgan fingerprint density at radius 3 is 1.85 bits per heavy atom. The molecule has 47 heavy (non-hydrogen) atoms. The summed E-state index contributed by atoms with van der Waals surface area (Å²) in [5.74, 6) is 1.88. The van der Waals surface area contributed by atoms with Gasteiger partial charge in [-0.1, -0.05) is 49.2 Å². The van der Waals surface area contributed by atoms with Gasteiger partial charge in [-0.3, -0.25) is 9.59 Å². The number of nitrogens with one attached hydrogen (secondary N) is 3. The van der Waals surface area contributed by atoms with Gasteiger partial charge in [0.1, 0.15) is 0 Å². The lowest BCUT2D eigenvalue weighted by Gasteiger charge is -2.12. The van der Waals surface area contributed by atoms with Crippen molar-refractivity contribution in [3.63, 3.8) is 0 Å². The summed E-state index contributed by atoms with van der Waals surface area (Å²) in [6, 6.07) is 20.0. The minimum absolute atomic E-state index is 0.0849. The number of nitrogens with zero attached hydrogens (tertiary/aromatic N) is 2. The molecule has 0 bridgehead atoms. The number of rotatable bonds is 23. The van der Waals surface area contributed by atoms with Gasteiger partial charge in [-0.25, -0.2) is 0 Å². The molecule has 0 aliphatic heterocycles. The zero-order valence-corrected chi connectivity index (χ0v) is 30.8. The second kappa shape index (κ2) is 23.1. The third kappa shape index (κ3) is 15.6. The van der Waals surface area contributed by atoms with Crippen LogP contribution in [0.15, 0.2) is 70.9 Å². The van der Waals surface area contributed by atoms with Crippen molar-refractivity contribution in [2.24, 2.45) is 10.2 Å². The maximum absolute atomic E-state index is 12.2. The Morgan fingerprint density at radius 2 is 1.23 bits per heavy atom. The van der Waals surface area contributed by atoms with Gasteiger partial charge in [0, 0.05) is 59.4 Å². The van der Waals surface area contributed by atoms with E-state index in [-0.39, 0.29) is 11.8 Å². The van der Waals surface area contributed by atoms with E-state index in [9.17, 15) is 9.59 Å². The van der Waals surface area contributed by atoms with Gasteiger partial charge >= 0.3 is 0 Å². The van der Waals surface area contributed by atoms with Crippen LogP contribution < -0.4 is 16.0 Å². The van der Waals surface area contributed by atoms with Crippen molar-refractivity contribution in [3.05, 3.63) is 66.2 Å². The van der Waals surface area contributed by atoms with Crippen LogP contribution in [0.25, 0.3) is 10.8 Å². The summed E-state index contributed by atoms with van der Waals surface area (Å²) in [5, 5.41) is 21.3. The summed E-state index contributed by atoms with van der Waals surface area (Å²) < 4.78 is 0. The third-order valence-electron chi connectivity index (χ3n) is 7.92. The van der Waals surface area contributed by atoms with E-state index in [0.29, 0.717) is 43.0 Å². The number of thiol groups is 4. The molecule has 0 aliphatic rings. The van der Waals surface area contributed by atoms with Crippen molar-refractivity contribution in [1.29, 1.82) is 0 Å². The average Bonchev–Trinajstić information content (AvgIpc) is 3.07. The molecule has 3 N–H and O–H groups in total. The monoisotopic (exact) mass is 713 g/mol. The molecule has 0 aromatic heterocycles. The molecule has 3 rings (SSSR count). The average molecular weight is 714 g/mol. The number of hydrogen-bond donors (Lipinski definition) is 7. The number of amides is 2. The molecule has 11 heteroatoms. The largest absolute Gasteiger partial charge is 0.383 e. The molecule has 0 fully saturated rings. The fourth-order valence-corrected chi connectivity index (χ4v) is 6.86. The van der Waals surface area contributed by atoms with Gasteiger partial charge in [0.05, 0.1) is 11.4 Å². The minimum Gasteiger partial charge on any atom is -0.383 e. The first-order chi connectivity index (χ1) is 22.9. The molecular weight excluding hydrogens is 663 g/mol. The van der Waals surface area contributed by atoms with Gasteiger partial charge in [-0.15, -0.1) is 5.11 Å². The number of anilines is 1. The molecule has 0 saturated heterocycles. The zero-order chi connectivity index (χ0) is 33.7. The van der Waals surface area contributed by atoms with Crippen molar-refractivity contribution in [1.82, 2.24) is 10.6 Å². The highest BCUT2D eigenvalue weighted by molar-refractivity contribution is 7.81. The highest BCUT2D eigenvalue weighted by Crippen LogP contribution is 2.33. The molecule has 2 unspecified atom stereocenters. The first-order valence-corrected chi connectivity index (χ1v) is 19.1. The number of azo groups is 1. The van der Waals surface area contributed by atoms with Gasteiger partial charge in [0.2, 0.25) is 11.8 Å². The zero-order valence-electron chi connectivity index (χ0n) is 27.2. The lowest BCUT2D eigenvalue weighted by molar-refractivity contribution is -0.122. The topological polar surface area (TPSA) is 94.9 Å². The lowest BCUT2D eigenvalue weighted by atomic mass is 10.1. The molecule has 7 nitrogen and oxygen atoms in total. The van der Waals surface area contributed by atoms with Crippen LogP contribution in [0.4, 0.5) is 17.1 Å². The standard InChI is InChI=1S/C36H51N5O2S4/c42-35(11-5-1-7-29(46)20-25-44)38-22-19-27-13-15-28(16-14-27)40-41-34-18-17-33(31-9-3-4-10-32(31)34)37-23-24-39-36(43)12-6-2-8-30(47)21-26-45/h3-4,9-10,13-18,29-30,37,44-47H,1-2,5-8,11-12,19-26H2,(H,38,42)(H,39,43). The van der Waals surface area contributed by atoms with E-state index in [1.54, 1.807) is 0 Å². The minimum atomic E-state index is 0.0849. The Kier molecular flexibility index (Phi) is 19.2. The molecule has 3 aromatic rings. The second-order valence-electron chi connectivity index (χ2n) is 11.7. The number of hydrogen-bond acceptors (Lipinski definition) is 9. The van der Waals surface area contributed by atoms with Crippen molar-refractivity contribution in [2.45, 2.75) is 81.1 Å². The molecule has 0 heterocycles. The van der Waals surface area contributed by atoms with Crippen LogP contribution in [0.1, 0.15) is 69.8 Å². The maximum atomic E-state index is 12.2. The van der Waals surface area contributed by atoms with E-state index in [4.69, 9.17) is 0 Å². The number of carbonyl (C=O) groups is 2.